The van der Waals surface area contributed by atoms with Crippen LogP contribution in [-0.2, 0) is 12.7 Å². The van der Waals surface area contributed by atoms with Crippen LogP contribution in [0.15, 0.2) is 58.1 Å². The first-order valence-electron chi connectivity index (χ1n) is 10.7. The molecular weight excluding hydrogens is 470 g/mol. The molecule has 2 heterocycles. The van der Waals surface area contributed by atoms with Crippen molar-refractivity contribution in [2.45, 2.75) is 12.7 Å². The molecule has 0 spiro atoms. The number of aromatic nitrogens is 3. The second-order valence-corrected chi connectivity index (χ2v) is 8.20. The number of nitrogens with zero attached hydrogens (tertiary/aromatic N) is 5. The number of rotatable bonds is 4. The standard InChI is InChI=1S/C23H21F4N5O3/c1-29-9-11-30(12-10-29)20(33)19-21(34)31(14-15-5-7-16(8-6-15)23(25,26)27)22(35)32(28-19)18-4-2-3-17(24)13-18/h2-8,13H,9-12,14H2,1H3. The van der Waals surface area contributed by atoms with Gasteiger partial charge in [0.05, 0.1) is 17.8 Å². The number of carbonyl (C=O) groups is 1. The predicted molar refractivity (Wildman–Crippen MR) is 118 cm³/mol. The minimum atomic E-state index is -4.54. The summed E-state index contributed by atoms with van der Waals surface area (Å²) in [6, 6.07) is 8.86. The Kier molecular flexibility index (Phi) is 6.57. The lowest BCUT2D eigenvalue weighted by Crippen LogP contribution is -2.51. The zero-order chi connectivity index (χ0) is 25.3. The van der Waals surface area contributed by atoms with Crippen molar-refractivity contribution in [3.63, 3.8) is 0 Å². The van der Waals surface area contributed by atoms with E-state index in [-0.39, 0.29) is 11.3 Å². The molecule has 0 aliphatic carbocycles. The summed E-state index contributed by atoms with van der Waals surface area (Å²) in [4.78, 5) is 43.0. The highest BCUT2D eigenvalue weighted by atomic mass is 19.4. The van der Waals surface area contributed by atoms with E-state index in [0.717, 1.165) is 41.1 Å². The van der Waals surface area contributed by atoms with Gasteiger partial charge < -0.3 is 9.80 Å². The summed E-state index contributed by atoms with van der Waals surface area (Å²) in [7, 11) is 1.89. The largest absolute Gasteiger partial charge is 0.416 e. The lowest BCUT2D eigenvalue weighted by molar-refractivity contribution is -0.137. The summed E-state index contributed by atoms with van der Waals surface area (Å²) < 4.78 is 54.0. The van der Waals surface area contributed by atoms with E-state index in [1.54, 1.807) is 0 Å². The highest BCUT2D eigenvalue weighted by Gasteiger charge is 2.30. The predicted octanol–water partition coefficient (Wildman–Crippen LogP) is 1.99. The molecule has 1 aliphatic heterocycles. The number of likely N-dealkylation sites (N-methyl/N-ethyl adjacent to an activating group) is 1. The molecule has 12 heteroatoms. The molecule has 1 aromatic heterocycles. The van der Waals surface area contributed by atoms with Crippen LogP contribution in [0.5, 0.6) is 0 Å². The van der Waals surface area contributed by atoms with Gasteiger partial charge in [0.25, 0.3) is 11.5 Å². The summed E-state index contributed by atoms with van der Waals surface area (Å²) in [5, 5.41) is 3.98. The van der Waals surface area contributed by atoms with Gasteiger partial charge in [0.2, 0.25) is 5.69 Å². The average molecular weight is 491 g/mol. The highest BCUT2D eigenvalue weighted by Crippen LogP contribution is 2.29. The molecule has 1 amide bonds. The average Bonchev–Trinajstić information content (AvgIpc) is 2.82. The van der Waals surface area contributed by atoms with Crippen molar-refractivity contribution in [3.05, 3.63) is 92.0 Å². The van der Waals surface area contributed by atoms with Crippen LogP contribution in [0.2, 0.25) is 0 Å². The zero-order valence-corrected chi connectivity index (χ0v) is 18.6. The Morgan fingerprint density at radius 2 is 1.66 bits per heavy atom. The smallest absolute Gasteiger partial charge is 0.335 e. The van der Waals surface area contributed by atoms with Gasteiger partial charge in [0.1, 0.15) is 5.82 Å². The lowest BCUT2D eigenvalue weighted by Gasteiger charge is -2.32. The van der Waals surface area contributed by atoms with Crippen LogP contribution in [0, 0.1) is 5.82 Å². The molecule has 35 heavy (non-hydrogen) atoms. The molecule has 3 aromatic rings. The highest BCUT2D eigenvalue weighted by molar-refractivity contribution is 5.92. The van der Waals surface area contributed by atoms with Gasteiger partial charge in [0.15, 0.2) is 0 Å². The molecule has 0 saturated carbocycles. The van der Waals surface area contributed by atoms with E-state index in [1.807, 2.05) is 11.9 Å². The number of hydrogen-bond acceptors (Lipinski definition) is 5. The first-order valence-corrected chi connectivity index (χ1v) is 10.7. The van der Waals surface area contributed by atoms with Crippen LogP contribution in [0.4, 0.5) is 17.6 Å². The molecule has 4 rings (SSSR count). The minimum Gasteiger partial charge on any atom is -0.335 e. The third-order valence-electron chi connectivity index (χ3n) is 5.73. The fourth-order valence-corrected chi connectivity index (χ4v) is 3.71. The molecule has 0 N–H and O–H groups in total. The Bertz CT molecular complexity index is 1360. The normalized spacial score (nSPS) is 14.8. The van der Waals surface area contributed by atoms with E-state index >= 15 is 0 Å². The summed E-state index contributed by atoms with van der Waals surface area (Å²) in [6.45, 7) is 1.43. The number of benzene rings is 2. The van der Waals surface area contributed by atoms with Gasteiger partial charge in [-0.25, -0.2) is 9.18 Å². The maximum absolute atomic E-state index is 13.8. The van der Waals surface area contributed by atoms with Gasteiger partial charge in [-0.15, -0.1) is 0 Å². The number of piperazine rings is 1. The monoisotopic (exact) mass is 491 g/mol. The van der Waals surface area contributed by atoms with Gasteiger partial charge in [-0.1, -0.05) is 18.2 Å². The Balaban J connectivity index is 1.81. The van der Waals surface area contributed by atoms with Crippen molar-refractivity contribution >= 4 is 5.91 Å². The molecule has 0 radical (unpaired) electrons. The number of carbonyl (C=O) groups excluding carboxylic acids is 1. The van der Waals surface area contributed by atoms with E-state index in [2.05, 4.69) is 5.10 Å². The SMILES string of the molecule is CN1CCN(C(=O)c2nn(-c3cccc(F)c3)c(=O)n(Cc3ccc(C(F)(F)F)cc3)c2=O)CC1. The molecule has 0 bridgehead atoms. The molecule has 0 unspecified atom stereocenters. The van der Waals surface area contributed by atoms with E-state index in [1.165, 1.54) is 17.0 Å². The van der Waals surface area contributed by atoms with Crippen LogP contribution in [0.3, 0.4) is 0 Å². The van der Waals surface area contributed by atoms with Crippen LogP contribution in [0.25, 0.3) is 5.69 Å². The topological polar surface area (TPSA) is 80.4 Å². The molecule has 1 aliphatic rings. The Morgan fingerprint density at radius 1 is 1.00 bits per heavy atom. The lowest BCUT2D eigenvalue weighted by atomic mass is 10.1. The maximum Gasteiger partial charge on any atom is 0.416 e. The quantitative estimate of drug-likeness (QED) is 0.522. The second kappa shape index (κ2) is 9.45. The third-order valence-corrected chi connectivity index (χ3v) is 5.73. The van der Waals surface area contributed by atoms with E-state index in [0.29, 0.717) is 30.7 Å². The van der Waals surface area contributed by atoms with Crippen molar-refractivity contribution < 1.29 is 22.4 Å². The van der Waals surface area contributed by atoms with Crippen LogP contribution >= 0.6 is 0 Å². The molecule has 1 fully saturated rings. The number of hydrogen-bond donors (Lipinski definition) is 0. The Labute approximate surface area is 196 Å². The minimum absolute atomic E-state index is 0.0106. The maximum atomic E-state index is 13.8. The molecule has 2 aromatic carbocycles. The van der Waals surface area contributed by atoms with Gasteiger partial charge >= 0.3 is 11.9 Å². The molecule has 0 atom stereocenters. The fraction of sp³-hybridized carbons (Fsp3) is 0.304. The van der Waals surface area contributed by atoms with Crippen molar-refractivity contribution in [3.8, 4) is 5.69 Å². The van der Waals surface area contributed by atoms with E-state index in [9.17, 15) is 31.9 Å². The summed E-state index contributed by atoms with van der Waals surface area (Å²) in [5.41, 5.74) is -3.14. The number of halogens is 4. The zero-order valence-electron chi connectivity index (χ0n) is 18.6. The van der Waals surface area contributed by atoms with Gasteiger partial charge in [-0.05, 0) is 42.9 Å². The van der Waals surface area contributed by atoms with Crippen molar-refractivity contribution in [2.75, 3.05) is 33.2 Å². The number of alkyl halides is 3. The Morgan fingerprint density at radius 3 is 2.26 bits per heavy atom. The number of amides is 1. The van der Waals surface area contributed by atoms with Crippen molar-refractivity contribution in [1.29, 1.82) is 0 Å². The summed E-state index contributed by atoms with van der Waals surface area (Å²) in [5.74, 6) is -1.35. The van der Waals surface area contributed by atoms with Gasteiger partial charge in [-0.3, -0.25) is 14.2 Å². The van der Waals surface area contributed by atoms with Crippen molar-refractivity contribution in [1.82, 2.24) is 24.1 Å². The molecule has 1 saturated heterocycles. The fourth-order valence-electron chi connectivity index (χ4n) is 3.71. The van der Waals surface area contributed by atoms with E-state index < -0.39 is 47.0 Å². The third kappa shape index (κ3) is 5.16. The summed E-state index contributed by atoms with van der Waals surface area (Å²) >= 11 is 0. The van der Waals surface area contributed by atoms with Crippen LogP contribution in [0.1, 0.15) is 21.6 Å². The van der Waals surface area contributed by atoms with E-state index in [4.69, 9.17) is 0 Å². The van der Waals surface area contributed by atoms with Gasteiger partial charge in [0, 0.05) is 26.2 Å². The molecule has 8 nitrogen and oxygen atoms in total. The van der Waals surface area contributed by atoms with Crippen molar-refractivity contribution in [2.24, 2.45) is 0 Å². The molecule has 184 valence electrons. The summed E-state index contributed by atoms with van der Waals surface area (Å²) in [6.07, 6.45) is -4.54. The van der Waals surface area contributed by atoms with Crippen LogP contribution in [-0.4, -0.2) is 63.3 Å². The first kappa shape index (κ1) is 24.3. The van der Waals surface area contributed by atoms with Gasteiger partial charge in [-0.2, -0.15) is 23.0 Å². The second-order valence-electron chi connectivity index (χ2n) is 8.20. The molecular formula is C23H21F4N5O3. The van der Waals surface area contributed by atoms with Crippen LogP contribution < -0.4 is 11.2 Å². The Hall–Kier alpha value is -3.80. The first-order chi connectivity index (χ1) is 16.5.